The molecule has 5 heteroatoms. The number of hydrogen-bond donors (Lipinski definition) is 1. The maximum absolute atomic E-state index is 12.8. The summed E-state index contributed by atoms with van der Waals surface area (Å²) in [6.45, 7) is 0.770. The zero-order valence-electron chi connectivity index (χ0n) is 15.7. The highest BCUT2D eigenvalue weighted by Crippen LogP contribution is 2.40. The minimum Gasteiger partial charge on any atom is -0.440 e. The number of urea groups is 1. The lowest BCUT2D eigenvalue weighted by atomic mass is 10.1. The van der Waals surface area contributed by atoms with Crippen LogP contribution in [0.1, 0.15) is 43.1 Å². The van der Waals surface area contributed by atoms with E-state index >= 15 is 0 Å². The summed E-state index contributed by atoms with van der Waals surface area (Å²) in [6, 6.07) is 15.9. The van der Waals surface area contributed by atoms with E-state index in [0.29, 0.717) is 5.92 Å². The quantitative estimate of drug-likeness (QED) is 0.665. The van der Waals surface area contributed by atoms with Crippen LogP contribution in [0.15, 0.2) is 59.0 Å². The maximum atomic E-state index is 12.8. The van der Waals surface area contributed by atoms with E-state index in [1.165, 1.54) is 0 Å². The van der Waals surface area contributed by atoms with Crippen molar-refractivity contribution in [2.75, 3.05) is 11.9 Å². The number of nitrogens with zero attached hydrogens (tertiary/aromatic N) is 2. The number of anilines is 1. The van der Waals surface area contributed by atoms with E-state index in [2.05, 4.69) is 34.6 Å². The summed E-state index contributed by atoms with van der Waals surface area (Å²) in [6.07, 6.45) is 8.54. The largest absolute Gasteiger partial charge is 0.440 e. The second-order valence-corrected chi connectivity index (χ2v) is 7.61. The third-order valence-corrected chi connectivity index (χ3v) is 5.45. The van der Waals surface area contributed by atoms with Gasteiger partial charge in [0.2, 0.25) is 0 Å². The minimum absolute atomic E-state index is 0.0681. The first-order valence-electron chi connectivity index (χ1n) is 9.98. The number of rotatable bonds is 4. The standard InChI is InChI=1S/C23H23N3O2/c27-23(26-14-4-7-19(26)12-8-16-5-2-1-3-6-16)24-18-11-13-20-21(15-18)28-22(25-20)17-9-10-17/h1-3,5-6,8,11-13,15,17,19H,4,7,9-10,14H2,(H,24,27)/b12-8+. The van der Waals surface area contributed by atoms with Gasteiger partial charge in [-0.15, -0.1) is 0 Å². The molecule has 2 fully saturated rings. The Morgan fingerprint density at radius 2 is 2.00 bits per heavy atom. The summed E-state index contributed by atoms with van der Waals surface area (Å²) in [5.41, 5.74) is 3.48. The van der Waals surface area contributed by atoms with Crippen LogP contribution in [0.5, 0.6) is 0 Å². The molecule has 142 valence electrons. The van der Waals surface area contributed by atoms with Crippen LogP contribution in [0.2, 0.25) is 0 Å². The second kappa shape index (κ2) is 7.15. The van der Waals surface area contributed by atoms with Crippen molar-refractivity contribution in [3.05, 3.63) is 66.1 Å². The van der Waals surface area contributed by atoms with Gasteiger partial charge in [0.15, 0.2) is 11.5 Å². The van der Waals surface area contributed by atoms with Crippen LogP contribution in [0, 0.1) is 0 Å². The first-order chi connectivity index (χ1) is 13.8. The first kappa shape index (κ1) is 17.0. The van der Waals surface area contributed by atoms with Gasteiger partial charge in [0, 0.05) is 24.2 Å². The lowest BCUT2D eigenvalue weighted by molar-refractivity contribution is 0.214. The fourth-order valence-electron chi connectivity index (χ4n) is 3.75. The molecule has 3 aromatic rings. The number of oxazole rings is 1. The fourth-order valence-corrected chi connectivity index (χ4v) is 3.75. The lowest BCUT2D eigenvalue weighted by Gasteiger charge is -2.22. The Bertz CT molecular complexity index is 1020. The Morgan fingerprint density at radius 3 is 2.82 bits per heavy atom. The molecule has 1 saturated carbocycles. The van der Waals surface area contributed by atoms with Crippen LogP contribution in [0.3, 0.4) is 0 Å². The number of carbonyl (C=O) groups is 1. The molecule has 28 heavy (non-hydrogen) atoms. The van der Waals surface area contributed by atoms with Gasteiger partial charge in [-0.2, -0.15) is 0 Å². The summed E-state index contributed by atoms with van der Waals surface area (Å²) in [7, 11) is 0. The van der Waals surface area contributed by atoms with Crippen molar-refractivity contribution < 1.29 is 9.21 Å². The van der Waals surface area contributed by atoms with Crippen molar-refractivity contribution >= 4 is 28.9 Å². The van der Waals surface area contributed by atoms with E-state index in [4.69, 9.17) is 4.42 Å². The zero-order chi connectivity index (χ0) is 18.9. The predicted octanol–water partition coefficient (Wildman–Crippen LogP) is 5.41. The third kappa shape index (κ3) is 3.52. The summed E-state index contributed by atoms with van der Waals surface area (Å²) in [4.78, 5) is 19.3. The normalized spacial score (nSPS) is 19.6. The molecular formula is C23H23N3O2. The number of amides is 2. The molecule has 5 rings (SSSR count). The Labute approximate surface area is 164 Å². The van der Waals surface area contributed by atoms with E-state index in [9.17, 15) is 4.79 Å². The molecule has 1 saturated heterocycles. The van der Waals surface area contributed by atoms with Crippen molar-refractivity contribution in [2.45, 2.75) is 37.6 Å². The molecule has 1 N–H and O–H groups in total. The van der Waals surface area contributed by atoms with Gasteiger partial charge < -0.3 is 14.6 Å². The van der Waals surface area contributed by atoms with Gasteiger partial charge in [0.25, 0.3) is 0 Å². The number of likely N-dealkylation sites (tertiary alicyclic amines) is 1. The molecule has 2 aromatic carbocycles. The highest BCUT2D eigenvalue weighted by Gasteiger charge is 2.29. The van der Waals surface area contributed by atoms with Gasteiger partial charge in [0.1, 0.15) is 5.52 Å². The van der Waals surface area contributed by atoms with Gasteiger partial charge in [-0.05, 0) is 43.4 Å². The molecule has 1 aliphatic heterocycles. The molecule has 5 nitrogen and oxygen atoms in total. The van der Waals surface area contributed by atoms with Crippen LogP contribution in [0.25, 0.3) is 17.2 Å². The summed E-state index contributed by atoms with van der Waals surface area (Å²) >= 11 is 0. The van der Waals surface area contributed by atoms with Crippen molar-refractivity contribution in [1.82, 2.24) is 9.88 Å². The van der Waals surface area contributed by atoms with Crippen molar-refractivity contribution in [2.24, 2.45) is 0 Å². The minimum atomic E-state index is -0.0681. The Kier molecular flexibility index (Phi) is 4.35. The highest BCUT2D eigenvalue weighted by molar-refractivity contribution is 5.92. The van der Waals surface area contributed by atoms with Crippen LogP contribution in [-0.2, 0) is 0 Å². The lowest BCUT2D eigenvalue weighted by Crippen LogP contribution is -2.37. The van der Waals surface area contributed by atoms with Crippen LogP contribution in [-0.4, -0.2) is 28.5 Å². The first-order valence-corrected chi connectivity index (χ1v) is 9.98. The SMILES string of the molecule is O=C(Nc1ccc2nc(C3CC3)oc2c1)N1CCCC1/C=C/c1ccccc1. The molecule has 1 aromatic heterocycles. The Balaban J connectivity index is 1.28. The van der Waals surface area contributed by atoms with Crippen molar-refractivity contribution in [3.8, 4) is 0 Å². The Morgan fingerprint density at radius 1 is 1.14 bits per heavy atom. The number of benzene rings is 2. The molecule has 1 aliphatic carbocycles. The third-order valence-electron chi connectivity index (χ3n) is 5.45. The molecule has 0 radical (unpaired) electrons. The summed E-state index contributed by atoms with van der Waals surface area (Å²) in [5, 5.41) is 3.02. The molecule has 2 amide bonds. The number of nitrogens with one attached hydrogen (secondary N) is 1. The van der Waals surface area contributed by atoms with Gasteiger partial charge in [-0.3, -0.25) is 0 Å². The molecule has 1 unspecified atom stereocenters. The fraction of sp³-hybridized carbons (Fsp3) is 0.304. The smallest absolute Gasteiger partial charge is 0.322 e. The van der Waals surface area contributed by atoms with Crippen molar-refractivity contribution in [3.63, 3.8) is 0 Å². The van der Waals surface area contributed by atoms with E-state index in [0.717, 1.165) is 60.5 Å². The van der Waals surface area contributed by atoms with E-state index in [1.54, 1.807) is 0 Å². The highest BCUT2D eigenvalue weighted by atomic mass is 16.3. The van der Waals surface area contributed by atoms with Crippen molar-refractivity contribution in [1.29, 1.82) is 0 Å². The Hall–Kier alpha value is -3.08. The van der Waals surface area contributed by atoms with E-state index < -0.39 is 0 Å². The number of aromatic nitrogens is 1. The molecule has 0 spiro atoms. The predicted molar refractivity (Wildman–Crippen MR) is 110 cm³/mol. The van der Waals surface area contributed by atoms with Gasteiger partial charge in [-0.1, -0.05) is 42.5 Å². The molecule has 0 bridgehead atoms. The molecular weight excluding hydrogens is 350 g/mol. The number of carbonyl (C=O) groups excluding carboxylic acids is 1. The number of hydrogen-bond acceptors (Lipinski definition) is 3. The second-order valence-electron chi connectivity index (χ2n) is 7.61. The van der Waals surface area contributed by atoms with E-state index in [1.807, 2.05) is 41.3 Å². The topological polar surface area (TPSA) is 58.4 Å². The van der Waals surface area contributed by atoms with Crippen LogP contribution < -0.4 is 5.32 Å². The molecule has 1 atom stereocenters. The van der Waals surface area contributed by atoms with Gasteiger partial charge >= 0.3 is 6.03 Å². The summed E-state index contributed by atoms with van der Waals surface area (Å²) in [5.74, 6) is 1.30. The average molecular weight is 373 g/mol. The number of fused-ring (bicyclic) bond motifs is 1. The maximum Gasteiger partial charge on any atom is 0.322 e. The van der Waals surface area contributed by atoms with Gasteiger partial charge in [0.05, 0.1) is 6.04 Å². The van der Waals surface area contributed by atoms with Gasteiger partial charge in [-0.25, -0.2) is 9.78 Å². The van der Waals surface area contributed by atoms with Crippen LogP contribution in [0.4, 0.5) is 10.5 Å². The van der Waals surface area contributed by atoms with Crippen LogP contribution >= 0.6 is 0 Å². The zero-order valence-corrected chi connectivity index (χ0v) is 15.7. The monoisotopic (exact) mass is 373 g/mol. The average Bonchev–Trinajstić information content (AvgIpc) is 3.31. The van der Waals surface area contributed by atoms with E-state index in [-0.39, 0.29) is 12.1 Å². The molecule has 2 aliphatic rings. The summed E-state index contributed by atoms with van der Waals surface area (Å²) < 4.78 is 5.86. The molecule has 2 heterocycles.